The van der Waals surface area contributed by atoms with Gasteiger partial charge in [0, 0.05) is 27.7 Å². The van der Waals surface area contributed by atoms with Gasteiger partial charge in [0.25, 0.3) is 0 Å². The second-order valence-corrected chi connectivity index (χ2v) is 35.3. The predicted molar refractivity (Wildman–Crippen MR) is 433 cm³/mol. The van der Waals surface area contributed by atoms with Crippen molar-refractivity contribution < 1.29 is 286 Å². The molecule has 0 bridgehead atoms. The van der Waals surface area contributed by atoms with Crippen LogP contribution in [0.1, 0.15) is 27.7 Å². The zero-order valence-electron chi connectivity index (χ0n) is 75.5. The summed E-state index contributed by atoms with van der Waals surface area (Å²) in [4.78, 5) is 63.7. The molecule has 0 aromatic rings. The van der Waals surface area contributed by atoms with E-state index in [1.807, 2.05) is 0 Å². The average molecular weight is 2070 g/mol. The summed E-state index contributed by atoms with van der Waals surface area (Å²) < 4.78 is 130. The zero-order chi connectivity index (χ0) is 104. The molecule has 816 valence electrons. The van der Waals surface area contributed by atoms with Crippen molar-refractivity contribution in [2.45, 2.75) is 371 Å². The molecule has 11 heterocycles. The summed E-state index contributed by atoms with van der Waals surface area (Å²) in [5.41, 5.74) is 0. The van der Waals surface area contributed by atoms with Crippen molar-refractivity contribution in [3.8, 4) is 0 Å². The van der Waals surface area contributed by atoms with Gasteiger partial charge in [-0.05, 0) is 0 Å². The smallest absolute Gasteiger partial charge is 0.217 e. The second kappa shape index (κ2) is 52.1. The molecule has 0 aliphatic carbocycles. The van der Waals surface area contributed by atoms with E-state index in [-0.39, 0.29) is 6.41 Å². The maximum atomic E-state index is 13.4. The van der Waals surface area contributed by atoms with E-state index in [4.69, 9.17) is 104 Å². The van der Waals surface area contributed by atoms with Crippen LogP contribution >= 0.6 is 0 Å². The number of carbonyl (C=O) groups is 5. The lowest BCUT2D eigenvalue weighted by atomic mass is 9.93. The Balaban J connectivity index is 0.841. The molecule has 0 aromatic heterocycles. The molecule has 0 unspecified atom stereocenters. The van der Waals surface area contributed by atoms with Gasteiger partial charge in [-0.15, -0.1) is 0 Å². The van der Waals surface area contributed by atoms with Crippen molar-refractivity contribution in [2.75, 3.05) is 85.9 Å². The molecule has 63 heteroatoms. The van der Waals surface area contributed by atoms with Gasteiger partial charge in [0.15, 0.2) is 69.2 Å². The Hall–Kier alpha value is -4.77. The lowest BCUT2D eigenvalue weighted by Gasteiger charge is -2.51. The highest BCUT2D eigenvalue weighted by Gasteiger charge is 2.63. The van der Waals surface area contributed by atoms with E-state index in [0.717, 1.165) is 27.7 Å². The van der Waals surface area contributed by atoms with Crippen molar-refractivity contribution in [1.29, 1.82) is 0 Å². The molecule has 63 nitrogen and oxygen atoms in total. The van der Waals surface area contributed by atoms with E-state index in [1.165, 1.54) is 0 Å². The van der Waals surface area contributed by atoms with Crippen molar-refractivity contribution >= 4 is 30.0 Å². The largest absolute Gasteiger partial charge is 0.394 e. The van der Waals surface area contributed by atoms with E-state index in [1.54, 1.807) is 0 Å². The van der Waals surface area contributed by atoms with Crippen LogP contribution in [0.25, 0.3) is 0 Å². The Bertz CT molecular complexity index is 3840. The summed E-state index contributed by atoms with van der Waals surface area (Å²) in [5.74, 6) is -4.01. The zero-order valence-corrected chi connectivity index (χ0v) is 75.5. The molecule has 0 spiro atoms. The van der Waals surface area contributed by atoms with Crippen LogP contribution in [0.2, 0.25) is 0 Å². The highest BCUT2D eigenvalue weighted by Crippen LogP contribution is 2.42. The molecule has 11 aliphatic rings. The number of amides is 5. The summed E-state index contributed by atoms with van der Waals surface area (Å²) in [5, 5.41) is 358. The molecule has 0 aromatic carbocycles. The first-order valence-corrected chi connectivity index (χ1v) is 44.9. The van der Waals surface area contributed by atoms with Gasteiger partial charge >= 0.3 is 0 Å². The fourth-order valence-corrected chi connectivity index (χ4v) is 18.0. The van der Waals surface area contributed by atoms with Gasteiger partial charge in [-0.25, -0.2) is 0 Å². The molecule has 141 heavy (non-hydrogen) atoms. The van der Waals surface area contributed by atoms with Gasteiger partial charge < -0.3 is 289 Å². The maximum Gasteiger partial charge on any atom is 0.217 e. The third-order valence-corrected chi connectivity index (χ3v) is 25.5. The summed E-state index contributed by atoms with van der Waals surface area (Å²) >= 11 is 0. The van der Waals surface area contributed by atoms with Gasteiger partial charge in [0.2, 0.25) is 30.0 Å². The number of aliphatic hydroxyl groups is 31. The van der Waals surface area contributed by atoms with Crippen molar-refractivity contribution in [2.24, 2.45) is 0 Å². The molecule has 36 N–H and O–H groups in total. The Morgan fingerprint density at radius 2 is 0.447 bits per heavy atom. The van der Waals surface area contributed by atoms with Crippen LogP contribution in [0, 0.1) is 0 Å². The van der Waals surface area contributed by atoms with Crippen molar-refractivity contribution in [3.05, 3.63) is 0 Å². The third kappa shape index (κ3) is 26.3. The highest BCUT2D eigenvalue weighted by molar-refractivity contribution is 5.74. The quantitative estimate of drug-likeness (QED) is 0.0253. The number of hydrogen-bond donors (Lipinski definition) is 36. The molecule has 5 amide bonds. The first-order valence-electron chi connectivity index (χ1n) is 44.9. The first-order chi connectivity index (χ1) is 66.9. The van der Waals surface area contributed by atoms with Crippen LogP contribution in [0.15, 0.2) is 0 Å². The monoisotopic (exact) mass is 2070 g/mol. The molecule has 11 fully saturated rings. The number of hydrogen-bond acceptors (Lipinski definition) is 58. The van der Waals surface area contributed by atoms with Crippen LogP contribution in [0.4, 0.5) is 0 Å². The molecular weight excluding hydrogens is 1930 g/mol. The summed E-state index contributed by atoms with van der Waals surface area (Å²) in [6, 6.07) is -9.09. The van der Waals surface area contributed by atoms with E-state index >= 15 is 0 Å². The molecule has 0 radical (unpaired) electrons. The van der Waals surface area contributed by atoms with Gasteiger partial charge in [-0.3, -0.25) is 24.0 Å². The molecule has 56 atom stereocenters. The third-order valence-electron chi connectivity index (χ3n) is 25.5. The number of rotatable bonds is 41. The van der Waals surface area contributed by atoms with E-state index < -0.39 is 453 Å². The van der Waals surface area contributed by atoms with Crippen LogP contribution in [-0.4, -0.2) is 618 Å². The van der Waals surface area contributed by atoms with Crippen LogP contribution < -0.4 is 26.6 Å². The van der Waals surface area contributed by atoms with Crippen LogP contribution in [0.3, 0.4) is 0 Å². The lowest BCUT2D eigenvalue weighted by Crippen LogP contribution is -2.71. The Morgan fingerprint density at radius 3 is 0.716 bits per heavy atom. The van der Waals surface area contributed by atoms with E-state index in [0.29, 0.717) is 0 Å². The van der Waals surface area contributed by atoms with Gasteiger partial charge in [-0.1, -0.05) is 0 Å². The molecule has 11 saturated heterocycles. The van der Waals surface area contributed by atoms with Gasteiger partial charge in [0.1, 0.15) is 268 Å². The molecule has 11 aliphatic heterocycles. The molecule has 11 rings (SSSR count). The minimum Gasteiger partial charge on any atom is -0.394 e. The summed E-state index contributed by atoms with van der Waals surface area (Å²) in [7, 11) is 0. The predicted octanol–water partition coefficient (Wildman–Crippen LogP) is -25.3. The standard InChI is InChI=1S/C78H131N5O58/c1-19(96)80-35-45(106)59(134-76-57(118)66(43(104)28(10-89)125-76)141-74-53(114)50(111)40(101)25(7-86)123-74)29(11-90)127-68(35)121-17-34-44(105)67(140-71-36(81-20(2)97)46(107)60(30(12-91)128-71)133-73-52(113)49(110)39(100)24(6-85)122-73)58(119)78(132-34)136-62-32(14-93)130-70(38(48(62)109)83-22(4)99)138-64-41(102)26(8-87)124-75(55(64)116)135-61-31(13-92)129-69(37(47(61)108)82-21(3)98)139-65-42(103)27(9-88)126-77(56(65)117)137-63-33(15-94)131-72(54(115)51(63)112)120-16-23(5-84)79-18-95/h18,23-78,84-94,100-119H,5-17H2,1-4H3,(H,79,95)(H,80,96)(H,81,97)(H,82,98)(H,83,99)/t23-,24-,25-,26-,27-,28-,29-,30-,31-,32-,33-,34-,35-,36-,37-,38-,39+,40+,41+,42+,43+,44+,45-,46-,47-,48-,49+,50+,51-,52-,53-,54-,55-,56-,57-,58-,59-,60-,61-,62-,63-,64+,65+,66+,67+,68-,69+,70+,71+,72-,73+,74-,75+,76+,77+,78+/m1/s1. The van der Waals surface area contributed by atoms with Crippen LogP contribution in [0.5, 0.6) is 0 Å². The van der Waals surface area contributed by atoms with Gasteiger partial charge in [-0.2, -0.15) is 0 Å². The van der Waals surface area contributed by atoms with Crippen LogP contribution in [-0.2, 0) is 128 Å². The normalized spacial score (nSPS) is 48.1. The Labute approximate surface area is 797 Å². The fourth-order valence-electron chi connectivity index (χ4n) is 18.0. The van der Waals surface area contributed by atoms with Gasteiger partial charge in [0.05, 0.1) is 91.9 Å². The lowest BCUT2D eigenvalue weighted by molar-refractivity contribution is -0.391. The second-order valence-electron chi connectivity index (χ2n) is 35.3. The summed E-state index contributed by atoms with van der Waals surface area (Å²) in [6.45, 7) is -9.97. The summed E-state index contributed by atoms with van der Waals surface area (Å²) in [6.07, 6.45) is -107. The average Bonchev–Trinajstić information content (AvgIpc) is 0.766. The number of carbonyl (C=O) groups excluding carboxylic acids is 5. The Morgan fingerprint density at radius 1 is 0.234 bits per heavy atom. The Kier molecular flexibility index (Phi) is 43.1. The van der Waals surface area contributed by atoms with E-state index in [9.17, 15) is 182 Å². The molecule has 0 saturated carbocycles. The van der Waals surface area contributed by atoms with Crippen molar-refractivity contribution in [3.63, 3.8) is 0 Å². The SMILES string of the molecule is CC(=O)N[C@H]1[C@H](O[C@H]2[C@@H](O)[C@@H](CO[C@@H]3O[C@H](CO)[C@@H](O[C@@H]4O[C@H](CO)[C@H](O)[C@H](O[C@H]5O[C@H](CO)[C@H](O)[C@H](O)[C@H]5O)[C@H]4O)[C@H](O)[C@H]3NC(C)=O)O[C@@H](O[C@H]3[C@H](O)[C@@H](NC(C)=O)[C@H](O[C@H]4[C@@H](O)[C@@H](CO)O[C@@H](O[C@H]5[C@H](O)[C@@H](NC(C)=O)[C@H](O[C@H]6[C@@H](O)[C@@H](CO)O[C@@H](O[C@H]7[C@H](O)[C@@H](O)[C@H](OC[C@@H](CO)NC=O)O[C@@H]7CO)[C@@H]6O)O[C@@H]5CO)[C@@H]4O)O[C@@H]3CO)[C@@H]2O)O[C@H](CO)[C@@H](O[C@@H]2O[C@H](CO)[C@H](O)[C@H](O)[C@H]2O)[C@@H]1O. The fraction of sp³-hybridized carbons (Fsp3) is 0.936. The minimum atomic E-state index is -2.58. The first kappa shape index (κ1) is 117. The highest BCUT2D eigenvalue weighted by atomic mass is 16.8. The molecular formula is C78H131N5O58. The maximum absolute atomic E-state index is 13.4. The minimum absolute atomic E-state index is 0.242. The number of ether oxygens (including phenoxy) is 22. The van der Waals surface area contributed by atoms with E-state index in [2.05, 4.69) is 26.6 Å². The number of aliphatic hydroxyl groups excluding tert-OH is 31. The topological polar surface area (TPSA) is 976 Å². The van der Waals surface area contributed by atoms with Crippen molar-refractivity contribution in [1.82, 2.24) is 26.6 Å². The number of nitrogens with one attached hydrogen (secondary N) is 5.